The van der Waals surface area contributed by atoms with Gasteiger partial charge < -0.3 is 20.9 Å². The van der Waals surface area contributed by atoms with E-state index in [0.717, 1.165) is 43.0 Å². The Labute approximate surface area is 196 Å². The van der Waals surface area contributed by atoms with Crippen LogP contribution in [0, 0.1) is 6.92 Å². The van der Waals surface area contributed by atoms with E-state index in [1.807, 2.05) is 12.4 Å². The predicted molar refractivity (Wildman–Crippen MR) is 134 cm³/mol. The van der Waals surface area contributed by atoms with Gasteiger partial charge in [-0.15, -0.1) is 5.10 Å². The minimum atomic E-state index is 0.279. The summed E-state index contributed by atoms with van der Waals surface area (Å²) < 4.78 is 1.80. The number of nitrogens with one attached hydrogen (secondary N) is 1. The molecule has 0 amide bonds. The fourth-order valence-electron chi connectivity index (χ4n) is 4.71. The highest BCUT2D eigenvalue weighted by Gasteiger charge is 2.22. The number of aryl methyl sites for hydroxylation is 1. The lowest BCUT2D eigenvalue weighted by atomic mass is 10.0. The number of pyridine rings is 1. The zero-order valence-corrected chi connectivity index (χ0v) is 20.5. The highest BCUT2D eigenvalue weighted by atomic mass is 15.3. The lowest BCUT2D eigenvalue weighted by molar-refractivity contribution is 0.249. The second kappa shape index (κ2) is 9.91. The second-order valence-electron chi connectivity index (χ2n) is 9.48. The molecule has 0 bridgehead atoms. The number of hydrogen-bond donors (Lipinski definition) is 2. The van der Waals surface area contributed by atoms with Crippen molar-refractivity contribution in [3.8, 4) is 0 Å². The van der Waals surface area contributed by atoms with Crippen molar-refractivity contribution >= 4 is 23.2 Å². The molecule has 4 heterocycles. The quantitative estimate of drug-likeness (QED) is 0.539. The number of piperidine rings is 1. The Bertz CT molecular complexity index is 1080. The molecule has 3 N–H and O–H groups in total. The number of aromatic nitrogens is 5. The molecule has 178 valence electrons. The van der Waals surface area contributed by atoms with Gasteiger partial charge in [0, 0.05) is 37.8 Å². The normalized spacial score (nSPS) is 16.0. The van der Waals surface area contributed by atoms with Gasteiger partial charge in [0.2, 0.25) is 5.95 Å². The van der Waals surface area contributed by atoms with Crippen molar-refractivity contribution in [1.82, 2.24) is 29.5 Å². The Morgan fingerprint density at radius 3 is 2.64 bits per heavy atom. The van der Waals surface area contributed by atoms with Crippen LogP contribution in [0.1, 0.15) is 56.4 Å². The molecule has 0 aromatic carbocycles. The van der Waals surface area contributed by atoms with E-state index in [-0.39, 0.29) is 6.04 Å². The summed E-state index contributed by atoms with van der Waals surface area (Å²) in [4.78, 5) is 18.4. The molecule has 3 aromatic rings. The maximum atomic E-state index is 6.17. The highest BCUT2D eigenvalue weighted by Crippen LogP contribution is 2.25. The molecule has 0 saturated carbocycles. The minimum Gasteiger partial charge on any atom is -0.380 e. The van der Waals surface area contributed by atoms with E-state index < -0.39 is 0 Å². The van der Waals surface area contributed by atoms with Crippen molar-refractivity contribution in [3.63, 3.8) is 0 Å². The molecule has 0 unspecified atom stereocenters. The van der Waals surface area contributed by atoms with Crippen LogP contribution in [0.4, 0.5) is 17.6 Å². The molecule has 1 atom stereocenters. The smallest absolute Gasteiger partial charge is 0.243 e. The first-order chi connectivity index (χ1) is 15.9. The van der Waals surface area contributed by atoms with Crippen LogP contribution in [-0.2, 0) is 6.42 Å². The Morgan fingerprint density at radius 2 is 1.97 bits per heavy atom. The average molecular weight is 452 g/mol. The summed E-state index contributed by atoms with van der Waals surface area (Å²) in [6, 6.07) is 3.17. The molecular formula is C24H37N9. The van der Waals surface area contributed by atoms with Gasteiger partial charge in [-0.05, 0) is 58.3 Å². The predicted octanol–water partition coefficient (Wildman–Crippen LogP) is 3.13. The maximum Gasteiger partial charge on any atom is 0.243 e. The first-order valence-corrected chi connectivity index (χ1v) is 12.0. The molecule has 33 heavy (non-hydrogen) atoms. The average Bonchev–Trinajstić information content (AvgIpc) is 3.17. The van der Waals surface area contributed by atoms with Crippen LogP contribution in [-0.4, -0.2) is 68.7 Å². The highest BCUT2D eigenvalue weighted by molar-refractivity contribution is 5.61. The number of rotatable bonds is 8. The van der Waals surface area contributed by atoms with Crippen LogP contribution < -0.4 is 16.0 Å². The van der Waals surface area contributed by atoms with Crippen LogP contribution in [0.25, 0.3) is 5.65 Å². The summed E-state index contributed by atoms with van der Waals surface area (Å²) in [6.07, 6.45) is 8.97. The van der Waals surface area contributed by atoms with E-state index in [2.05, 4.69) is 71.1 Å². The van der Waals surface area contributed by atoms with Crippen LogP contribution in [0.2, 0.25) is 0 Å². The van der Waals surface area contributed by atoms with Gasteiger partial charge >= 0.3 is 0 Å². The number of nitrogen functional groups attached to an aromatic ring is 1. The van der Waals surface area contributed by atoms with E-state index in [1.54, 1.807) is 4.52 Å². The summed E-state index contributed by atoms with van der Waals surface area (Å²) in [5.74, 6) is 2.01. The Kier molecular flexibility index (Phi) is 6.97. The Balaban J connectivity index is 1.51. The Hall–Kier alpha value is -2.94. The van der Waals surface area contributed by atoms with Gasteiger partial charge in [0.05, 0.1) is 11.9 Å². The van der Waals surface area contributed by atoms with Crippen molar-refractivity contribution in [2.75, 3.05) is 43.1 Å². The van der Waals surface area contributed by atoms with Crippen molar-refractivity contribution in [2.24, 2.45) is 0 Å². The molecular weight excluding hydrogens is 414 g/mol. The fourth-order valence-corrected chi connectivity index (χ4v) is 4.71. The number of imidazole rings is 1. The lowest BCUT2D eigenvalue weighted by Gasteiger charge is -2.36. The summed E-state index contributed by atoms with van der Waals surface area (Å²) in [5, 5.41) is 8.02. The van der Waals surface area contributed by atoms with Gasteiger partial charge in [-0.3, -0.25) is 0 Å². The third-order valence-electron chi connectivity index (χ3n) is 6.54. The van der Waals surface area contributed by atoms with Crippen molar-refractivity contribution < 1.29 is 0 Å². The molecule has 1 aliphatic heterocycles. The van der Waals surface area contributed by atoms with E-state index in [0.29, 0.717) is 29.9 Å². The third kappa shape index (κ3) is 5.19. The molecule has 4 rings (SSSR count). The summed E-state index contributed by atoms with van der Waals surface area (Å²) in [5.41, 5.74) is 10.1. The summed E-state index contributed by atoms with van der Waals surface area (Å²) >= 11 is 0. The number of anilines is 3. The molecule has 0 spiro atoms. The van der Waals surface area contributed by atoms with E-state index in [9.17, 15) is 0 Å². The molecule has 3 aromatic heterocycles. The first-order valence-electron chi connectivity index (χ1n) is 12.0. The van der Waals surface area contributed by atoms with Crippen LogP contribution in [0.3, 0.4) is 0 Å². The van der Waals surface area contributed by atoms with Crippen molar-refractivity contribution in [3.05, 3.63) is 35.3 Å². The van der Waals surface area contributed by atoms with Gasteiger partial charge in [-0.1, -0.05) is 19.4 Å². The van der Waals surface area contributed by atoms with Crippen LogP contribution >= 0.6 is 0 Å². The first kappa shape index (κ1) is 23.2. The zero-order valence-electron chi connectivity index (χ0n) is 20.5. The van der Waals surface area contributed by atoms with E-state index >= 15 is 0 Å². The lowest BCUT2D eigenvalue weighted by Crippen LogP contribution is -2.42. The topological polar surface area (TPSA) is 100 Å². The molecule has 1 saturated heterocycles. The van der Waals surface area contributed by atoms with Crippen LogP contribution in [0.15, 0.2) is 18.5 Å². The number of hydrogen-bond acceptors (Lipinski definition) is 8. The van der Waals surface area contributed by atoms with Crippen molar-refractivity contribution in [2.45, 2.75) is 65.0 Å². The largest absolute Gasteiger partial charge is 0.380 e. The molecule has 0 aliphatic carbocycles. The van der Waals surface area contributed by atoms with Gasteiger partial charge in [0.15, 0.2) is 11.5 Å². The third-order valence-corrected chi connectivity index (χ3v) is 6.54. The second-order valence-corrected chi connectivity index (χ2v) is 9.48. The molecule has 0 radical (unpaired) electrons. The molecule has 9 heteroatoms. The SMILES string of the molecule is CCC[C@@H](C)Nc1nc(N)c2ncc(Cc3cnc(N4CCC(N(C)C)CC4)c(C)c3)n2n1. The number of nitrogens with two attached hydrogens (primary N) is 1. The number of nitrogens with zero attached hydrogens (tertiary/aromatic N) is 7. The monoisotopic (exact) mass is 451 g/mol. The van der Waals surface area contributed by atoms with Crippen LogP contribution in [0.5, 0.6) is 0 Å². The van der Waals surface area contributed by atoms with Gasteiger partial charge in [-0.25, -0.2) is 14.5 Å². The fraction of sp³-hybridized carbons (Fsp3) is 0.583. The summed E-state index contributed by atoms with van der Waals surface area (Å²) in [7, 11) is 4.34. The molecule has 1 fully saturated rings. The maximum absolute atomic E-state index is 6.17. The van der Waals surface area contributed by atoms with Gasteiger partial charge in [-0.2, -0.15) is 4.98 Å². The Morgan fingerprint density at radius 1 is 1.21 bits per heavy atom. The molecule has 1 aliphatic rings. The van der Waals surface area contributed by atoms with Crippen molar-refractivity contribution in [1.29, 1.82) is 0 Å². The number of fused-ring (bicyclic) bond motifs is 1. The van der Waals surface area contributed by atoms with E-state index in [1.165, 1.54) is 18.4 Å². The zero-order chi connectivity index (χ0) is 23.5. The summed E-state index contributed by atoms with van der Waals surface area (Å²) in [6.45, 7) is 8.53. The minimum absolute atomic E-state index is 0.279. The van der Waals surface area contributed by atoms with Gasteiger partial charge in [0.1, 0.15) is 5.82 Å². The standard InChI is InChI=1S/C24H37N9/c1-6-7-17(3)28-24-29-21(25)23-27-15-20(33(23)30-24)13-18-12-16(2)22(26-14-18)32-10-8-19(9-11-32)31(4)5/h12,14-15,17,19H,6-11,13H2,1-5H3,(H3,25,28,29,30)/t17-/m1/s1. The molecule has 9 nitrogen and oxygen atoms in total. The van der Waals surface area contributed by atoms with Gasteiger partial charge in [0.25, 0.3) is 0 Å². The van der Waals surface area contributed by atoms with E-state index in [4.69, 9.17) is 10.7 Å².